The molecule has 19 heavy (non-hydrogen) atoms. The Morgan fingerprint density at radius 2 is 2.16 bits per heavy atom. The number of benzene rings is 1. The van der Waals surface area contributed by atoms with Gasteiger partial charge in [-0.2, -0.15) is 5.10 Å². The number of rotatable bonds is 7. The first kappa shape index (κ1) is 14.2. The van der Waals surface area contributed by atoms with Gasteiger partial charge in [-0.05, 0) is 26.0 Å². The fraction of sp³-hybridized carbons (Fsp3) is 0.500. The van der Waals surface area contributed by atoms with Crippen molar-refractivity contribution in [2.45, 2.75) is 26.4 Å². The maximum Gasteiger partial charge on any atom is 0.0841 e. The smallest absolute Gasteiger partial charge is 0.0841 e. The van der Waals surface area contributed by atoms with Crippen molar-refractivity contribution in [1.82, 2.24) is 15.1 Å². The van der Waals surface area contributed by atoms with Crippen molar-refractivity contribution < 1.29 is 4.21 Å². The monoisotopic (exact) mass is 279 g/mol. The number of hydrogen-bond donors (Lipinski definition) is 1. The van der Waals surface area contributed by atoms with E-state index in [0.717, 1.165) is 37.5 Å². The third-order valence-electron chi connectivity index (χ3n) is 3.11. The molecule has 1 unspecified atom stereocenters. The van der Waals surface area contributed by atoms with Gasteiger partial charge in [0, 0.05) is 41.3 Å². The summed E-state index contributed by atoms with van der Waals surface area (Å²) in [5.74, 6) is 0.761. The number of fused-ring (bicyclic) bond motifs is 1. The van der Waals surface area contributed by atoms with E-state index in [9.17, 15) is 4.21 Å². The Bertz CT molecular complexity index is 565. The van der Waals surface area contributed by atoms with Gasteiger partial charge in [-0.15, -0.1) is 0 Å². The van der Waals surface area contributed by atoms with E-state index in [1.165, 1.54) is 10.9 Å². The third kappa shape index (κ3) is 3.64. The van der Waals surface area contributed by atoms with Crippen LogP contribution in [0, 0.1) is 0 Å². The molecular weight excluding hydrogens is 258 g/mol. The second-order valence-corrected chi connectivity index (χ2v) is 6.14. The summed E-state index contributed by atoms with van der Waals surface area (Å²) in [5.41, 5.74) is 2.28. The van der Waals surface area contributed by atoms with Crippen LogP contribution in [0.25, 0.3) is 10.9 Å². The van der Waals surface area contributed by atoms with Crippen molar-refractivity contribution in [3.05, 3.63) is 30.0 Å². The molecule has 2 aromatic rings. The molecular formula is C14H21N3OS. The Morgan fingerprint density at radius 3 is 2.89 bits per heavy atom. The minimum Gasteiger partial charge on any atom is -0.311 e. The van der Waals surface area contributed by atoms with Crippen LogP contribution in [0.5, 0.6) is 0 Å². The van der Waals surface area contributed by atoms with E-state index in [1.807, 2.05) is 16.8 Å². The summed E-state index contributed by atoms with van der Waals surface area (Å²) >= 11 is 0. The Kier molecular flexibility index (Phi) is 5.10. The first-order valence-electron chi connectivity index (χ1n) is 6.67. The highest BCUT2D eigenvalue weighted by Gasteiger charge is 2.08. The zero-order valence-corrected chi connectivity index (χ0v) is 12.4. The summed E-state index contributed by atoms with van der Waals surface area (Å²) in [4.78, 5) is 0. The number of para-hydroxylation sites is 1. The van der Waals surface area contributed by atoms with E-state index in [0.29, 0.717) is 0 Å². The lowest BCUT2D eigenvalue weighted by Gasteiger charge is -2.01. The van der Waals surface area contributed by atoms with Crippen molar-refractivity contribution in [3.8, 4) is 0 Å². The molecule has 1 N–H and O–H groups in total. The average Bonchev–Trinajstić information content (AvgIpc) is 2.76. The van der Waals surface area contributed by atoms with Gasteiger partial charge in [0.2, 0.25) is 0 Å². The minimum absolute atomic E-state index is 0.693. The number of nitrogens with one attached hydrogen (secondary N) is 1. The fourth-order valence-corrected chi connectivity index (χ4v) is 2.73. The van der Waals surface area contributed by atoms with Gasteiger partial charge in [0.1, 0.15) is 0 Å². The van der Waals surface area contributed by atoms with Crippen molar-refractivity contribution in [1.29, 1.82) is 0 Å². The predicted octanol–water partition coefficient (Wildman–Crippen LogP) is 1.91. The minimum atomic E-state index is -0.693. The molecule has 0 amide bonds. The highest BCUT2D eigenvalue weighted by atomic mass is 32.2. The Balaban J connectivity index is 1.99. The summed E-state index contributed by atoms with van der Waals surface area (Å²) in [7, 11) is -0.693. The molecule has 0 spiro atoms. The lowest BCUT2D eigenvalue weighted by atomic mass is 10.2. The largest absolute Gasteiger partial charge is 0.311 e. The fourth-order valence-electron chi connectivity index (χ4n) is 2.18. The van der Waals surface area contributed by atoms with Crippen LogP contribution in [-0.2, 0) is 23.9 Å². The molecule has 1 aromatic heterocycles. The molecule has 0 radical (unpaired) electrons. The van der Waals surface area contributed by atoms with Gasteiger partial charge in [-0.25, -0.2) is 0 Å². The highest BCUT2D eigenvalue weighted by molar-refractivity contribution is 7.84. The summed E-state index contributed by atoms with van der Waals surface area (Å²) in [6.45, 7) is 4.64. The zero-order valence-electron chi connectivity index (χ0n) is 11.6. The number of hydrogen-bond acceptors (Lipinski definition) is 3. The van der Waals surface area contributed by atoms with E-state index in [1.54, 1.807) is 6.26 Å². The van der Waals surface area contributed by atoms with Gasteiger partial charge in [0.25, 0.3) is 0 Å². The SMILES string of the molecule is CCn1nc(CNCCCS(C)=O)c2ccccc21. The number of aryl methyl sites for hydroxylation is 1. The van der Waals surface area contributed by atoms with E-state index < -0.39 is 10.8 Å². The van der Waals surface area contributed by atoms with Gasteiger partial charge in [0.05, 0.1) is 11.2 Å². The highest BCUT2D eigenvalue weighted by Crippen LogP contribution is 2.18. The summed E-state index contributed by atoms with van der Waals surface area (Å²) < 4.78 is 13.0. The van der Waals surface area contributed by atoms with Gasteiger partial charge in [-0.3, -0.25) is 8.89 Å². The van der Waals surface area contributed by atoms with E-state index >= 15 is 0 Å². The molecule has 5 heteroatoms. The molecule has 0 saturated carbocycles. The van der Waals surface area contributed by atoms with Crippen LogP contribution >= 0.6 is 0 Å². The van der Waals surface area contributed by atoms with E-state index in [4.69, 9.17) is 0 Å². The average molecular weight is 279 g/mol. The van der Waals surface area contributed by atoms with Gasteiger partial charge >= 0.3 is 0 Å². The second-order valence-electron chi connectivity index (χ2n) is 4.59. The Morgan fingerprint density at radius 1 is 1.37 bits per heavy atom. The number of aromatic nitrogens is 2. The molecule has 0 aliphatic carbocycles. The summed E-state index contributed by atoms with van der Waals surface area (Å²) in [6.07, 6.45) is 2.69. The molecule has 0 bridgehead atoms. The lowest BCUT2D eigenvalue weighted by molar-refractivity contribution is 0.625. The first-order valence-corrected chi connectivity index (χ1v) is 8.40. The first-order chi connectivity index (χ1) is 9.22. The molecule has 0 saturated heterocycles. The normalized spacial score (nSPS) is 12.9. The summed E-state index contributed by atoms with van der Waals surface area (Å²) in [5, 5.41) is 9.23. The van der Waals surface area contributed by atoms with Crippen LogP contribution in [0.3, 0.4) is 0 Å². The van der Waals surface area contributed by atoms with Crippen LogP contribution in [0.4, 0.5) is 0 Å². The number of nitrogens with zero attached hydrogens (tertiary/aromatic N) is 2. The molecule has 2 rings (SSSR count). The van der Waals surface area contributed by atoms with Crippen molar-refractivity contribution in [2.24, 2.45) is 0 Å². The molecule has 0 aliphatic rings. The van der Waals surface area contributed by atoms with E-state index in [2.05, 4.69) is 29.5 Å². The Hall–Kier alpha value is -1.20. The maximum absolute atomic E-state index is 11.0. The van der Waals surface area contributed by atoms with Crippen LogP contribution < -0.4 is 5.32 Å². The maximum atomic E-state index is 11.0. The molecule has 1 heterocycles. The molecule has 0 fully saturated rings. The quantitative estimate of drug-likeness (QED) is 0.788. The van der Waals surface area contributed by atoms with Gasteiger partial charge in [-0.1, -0.05) is 18.2 Å². The van der Waals surface area contributed by atoms with Gasteiger partial charge in [0.15, 0.2) is 0 Å². The molecule has 1 atom stereocenters. The molecule has 1 aromatic carbocycles. The van der Waals surface area contributed by atoms with Crippen molar-refractivity contribution in [2.75, 3.05) is 18.6 Å². The van der Waals surface area contributed by atoms with Crippen LogP contribution in [0.1, 0.15) is 19.0 Å². The Labute approximate surface area is 116 Å². The standard InChI is InChI=1S/C14H21N3OS/c1-3-17-14-8-5-4-7-12(14)13(16-17)11-15-9-6-10-19(2)18/h4-5,7-8,15H,3,6,9-11H2,1-2H3. The summed E-state index contributed by atoms with van der Waals surface area (Å²) in [6, 6.07) is 8.32. The van der Waals surface area contributed by atoms with Crippen LogP contribution in [-0.4, -0.2) is 32.5 Å². The van der Waals surface area contributed by atoms with Crippen LogP contribution in [0.15, 0.2) is 24.3 Å². The second kappa shape index (κ2) is 6.82. The van der Waals surface area contributed by atoms with Crippen LogP contribution in [0.2, 0.25) is 0 Å². The molecule has 104 valence electrons. The van der Waals surface area contributed by atoms with Crippen molar-refractivity contribution in [3.63, 3.8) is 0 Å². The third-order valence-corrected chi connectivity index (χ3v) is 3.98. The molecule has 4 nitrogen and oxygen atoms in total. The lowest BCUT2D eigenvalue weighted by Crippen LogP contribution is -2.17. The predicted molar refractivity (Wildman–Crippen MR) is 80.7 cm³/mol. The van der Waals surface area contributed by atoms with Crippen molar-refractivity contribution >= 4 is 21.7 Å². The zero-order chi connectivity index (χ0) is 13.7. The van der Waals surface area contributed by atoms with E-state index in [-0.39, 0.29) is 0 Å². The topological polar surface area (TPSA) is 46.9 Å². The van der Waals surface area contributed by atoms with Gasteiger partial charge < -0.3 is 5.32 Å². The molecule has 0 aliphatic heterocycles.